The van der Waals surface area contributed by atoms with Gasteiger partial charge in [0.15, 0.2) is 10.1 Å². The van der Waals surface area contributed by atoms with Gasteiger partial charge in [0, 0.05) is 0 Å². The average molecular weight is 194 g/mol. The molecule has 0 saturated heterocycles. The molecule has 4 heteroatoms. The molecule has 0 fully saturated rings. The monoisotopic (exact) mass is 194 g/mol. The summed E-state index contributed by atoms with van der Waals surface area (Å²) in [4.78, 5) is 10.7. The molecule has 13 heavy (non-hydrogen) atoms. The Morgan fingerprint density at radius 3 is 2.77 bits per heavy atom. The van der Waals surface area contributed by atoms with Crippen LogP contribution in [0.3, 0.4) is 0 Å². The Hall–Kier alpha value is -1.39. The minimum absolute atomic E-state index is 0.133. The summed E-state index contributed by atoms with van der Waals surface area (Å²) < 4.78 is 11.9. The minimum Gasteiger partial charge on any atom is -0.590 e. The van der Waals surface area contributed by atoms with Crippen LogP contribution in [0.25, 0.3) is 10.1 Å². The molecule has 0 aliphatic rings. The summed E-state index contributed by atoms with van der Waals surface area (Å²) >= 11 is 0. The topological polar surface area (TPSA) is 60.4 Å². The molecule has 2 aromatic rings. The molecule has 1 unspecified atom stereocenters. The van der Waals surface area contributed by atoms with Crippen molar-refractivity contribution in [2.45, 2.75) is 0 Å². The normalized spacial score (nSPS) is 11.9. The smallest absolute Gasteiger partial charge is 0.341 e. The van der Waals surface area contributed by atoms with E-state index in [0.717, 1.165) is 0 Å². The zero-order chi connectivity index (χ0) is 9.42. The van der Waals surface area contributed by atoms with Crippen molar-refractivity contribution in [1.82, 2.24) is 0 Å². The Morgan fingerprint density at radius 1 is 1.38 bits per heavy atom. The van der Waals surface area contributed by atoms with Crippen LogP contribution in [0.4, 0.5) is 0 Å². The van der Waals surface area contributed by atoms with E-state index in [9.17, 15) is 9.35 Å². The summed E-state index contributed by atoms with van der Waals surface area (Å²) in [6.07, 6.45) is 0. The molecule has 1 aromatic carbocycles. The number of benzene rings is 1. The van der Waals surface area contributed by atoms with E-state index in [2.05, 4.69) is 0 Å². The van der Waals surface area contributed by atoms with E-state index >= 15 is 0 Å². The fraction of sp³-hybridized carbons (Fsp3) is 0. The molecule has 1 aromatic heterocycles. The third-order valence-corrected chi connectivity index (χ3v) is 3.09. The van der Waals surface area contributed by atoms with Crippen LogP contribution in [0.1, 0.15) is 10.4 Å². The Labute approximate surface area is 77.0 Å². The SMILES string of the molecule is O=C(O)c1c[s+]([O-])c2ccccc12. The number of carboxylic acid groups (broad SMARTS) is 1. The Bertz CT molecular complexity index is 473. The van der Waals surface area contributed by atoms with Crippen molar-refractivity contribution in [3.63, 3.8) is 0 Å². The van der Waals surface area contributed by atoms with Crippen LogP contribution < -0.4 is 0 Å². The maximum Gasteiger partial charge on any atom is 0.341 e. The van der Waals surface area contributed by atoms with Gasteiger partial charge in [-0.25, -0.2) is 4.79 Å². The Morgan fingerprint density at radius 2 is 2.08 bits per heavy atom. The number of fused-ring (bicyclic) bond motifs is 1. The molecule has 0 amide bonds. The van der Waals surface area contributed by atoms with Crippen molar-refractivity contribution in [1.29, 1.82) is 0 Å². The van der Waals surface area contributed by atoms with Gasteiger partial charge in [-0.15, -0.1) is 0 Å². The first-order valence-electron chi connectivity index (χ1n) is 3.65. The quantitative estimate of drug-likeness (QED) is 0.708. The molecule has 0 bridgehead atoms. The maximum absolute atomic E-state index is 11.4. The third-order valence-electron chi connectivity index (χ3n) is 1.85. The van der Waals surface area contributed by atoms with Crippen LogP contribution in [0, 0.1) is 0 Å². The van der Waals surface area contributed by atoms with Crippen molar-refractivity contribution in [3.05, 3.63) is 35.2 Å². The van der Waals surface area contributed by atoms with Crippen molar-refractivity contribution in [2.75, 3.05) is 0 Å². The number of hydrogen-bond acceptors (Lipinski definition) is 2. The van der Waals surface area contributed by atoms with Crippen LogP contribution in [-0.4, -0.2) is 15.6 Å². The maximum atomic E-state index is 11.4. The van der Waals surface area contributed by atoms with Crippen LogP contribution in [0.5, 0.6) is 0 Å². The van der Waals surface area contributed by atoms with Gasteiger partial charge in [0.1, 0.15) is 5.56 Å². The highest BCUT2D eigenvalue weighted by Crippen LogP contribution is 2.32. The molecule has 0 spiro atoms. The van der Waals surface area contributed by atoms with Gasteiger partial charge < -0.3 is 9.66 Å². The van der Waals surface area contributed by atoms with Crippen LogP contribution in [0.15, 0.2) is 29.6 Å². The molecule has 1 N–H and O–H groups in total. The number of carbonyl (C=O) groups is 1. The van der Waals surface area contributed by atoms with E-state index in [0.29, 0.717) is 10.1 Å². The lowest BCUT2D eigenvalue weighted by molar-refractivity contribution is 0.0699. The molecule has 66 valence electrons. The average Bonchev–Trinajstić information content (AvgIpc) is 2.45. The zero-order valence-corrected chi connectivity index (χ0v) is 7.38. The van der Waals surface area contributed by atoms with E-state index in [-0.39, 0.29) is 5.56 Å². The first-order chi connectivity index (χ1) is 6.20. The molecule has 2 rings (SSSR count). The van der Waals surface area contributed by atoms with Gasteiger partial charge >= 0.3 is 5.97 Å². The molecule has 1 atom stereocenters. The molecule has 0 saturated carbocycles. The fourth-order valence-electron chi connectivity index (χ4n) is 1.26. The number of carboxylic acids is 1. The summed E-state index contributed by atoms with van der Waals surface area (Å²) in [6.45, 7) is 0. The van der Waals surface area contributed by atoms with Gasteiger partial charge in [-0.1, -0.05) is 12.1 Å². The van der Waals surface area contributed by atoms with E-state index < -0.39 is 16.7 Å². The van der Waals surface area contributed by atoms with Crippen LogP contribution >= 0.6 is 10.8 Å². The number of rotatable bonds is 1. The largest absolute Gasteiger partial charge is 0.590 e. The second-order valence-corrected chi connectivity index (χ2v) is 3.90. The highest BCUT2D eigenvalue weighted by molar-refractivity contribution is 7.30. The van der Waals surface area contributed by atoms with Gasteiger partial charge in [0.25, 0.3) is 0 Å². The predicted molar refractivity (Wildman–Crippen MR) is 49.6 cm³/mol. The first-order valence-corrected chi connectivity index (χ1v) is 4.86. The van der Waals surface area contributed by atoms with E-state index in [1.807, 2.05) is 0 Å². The van der Waals surface area contributed by atoms with Gasteiger partial charge in [-0.05, 0) is 22.9 Å². The fourth-order valence-corrected chi connectivity index (χ4v) is 2.44. The second kappa shape index (κ2) is 2.83. The lowest BCUT2D eigenvalue weighted by atomic mass is 10.2. The molecule has 1 heterocycles. The van der Waals surface area contributed by atoms with Gasteiger partial charge in [0.2, 0.25) is 0 Å². The summed E-state index contributed by atoms with van der Waals surface area (Å²) in [5.74, 6) is -1.03. The zero-order valence-electron chi connectivity index (χ0n) is 6.56. The lowest BCUT2D eigenvalue weighted by Crippen LogP contribution is -1.92. The Kier molecular flexibility index (Phi) is 1.79. The van der Waals surface area contributed by atoms with Crippen molar-refractivity contribution in [3.8, 4) is 0 Å². The molecule has 3 nitrogen and oxygen atoms in total. The van der Waals surface area contributed by atoms with Gasteiger partial charge in [-0.2, -0.15) is 0 Å². The predicted octanol–water partition coefficient (Wildman–Crippen LogP) is 2.27. The van der Waals surface area contributed by atoms with Gasteiger partial charge in [0.05, 0.1) is 5.39 Å². The van der Waals surface area contributed by atoms with Crippen molar-refractivity contribution >= 4 is 26.8 Å². The number of aromatic carboxylic acids is 1. The lowest BCUT2D eigenvalue weighted by Gasteiger charge is -1.87. The summed E-state index contributed by atoms with van der Waals surface area (Å²) in [6, 6.07) is 6.82. The second-order valence-electron chi connectivity index (χ2n) is 2.63. The molecular formula is C9H6O3S. The highest BCUT2D eigenvalue weighted by atomic mass is 32.2. The minimum atomic E-state index is -1.29. The summed E-state index contributed by atoms with van der Waals surface area (Å²) in [7, 11) is -1.29. The highest BCUT2D eigenvalue weighted by Gasteiger charge is 2.16. The molecular weight excluding hydrogens is 188 g/mol. The molecule has 0 radical (unpaired) electrons. The first kappa shape index (κ1) is 8.22. The van der Waals surface area contributed by atoms with Crippen molar-refractivity contribution < 1.29 is 14.5 Å². The number of thiophene rings is 1. The van der Waals surface area contributed by atoms with Gasteiger partial charge in [-0.3, -0.25) is 0 Å². The molecule has 0 aliphatic heterocycles. The van der Waals surface area contributed by atoms with E-state index in [4.69, 9.17) is 5.11 Å². The molecule has 0 aliphatic carbocycles. The van der Waals surface area contributed by atoms with Crippen LogP contribution in [-0.2, 0) is 0 Å². The standard InChI is InChI=1S/C9H6O3S/c10-9(11)7-5-13(12)8-4-2-1-3-6(7)8/h1-5H,(H,10,11). The third kappa shape index (κ3) is 1.20. The van der Waals surface area contributed by atoms with E-state index in [1.165, 1.54) is 5.38 Å². The summed E-state index contributed by atoms with van der Waals surface area (Å²) in [5.41, 5.74) is 0.133. The van der Waals surface area contributed by atoms with Crippen molar-refractivity contribution in [2.24, 2.45) is 0 Å². The Balaban J connectivity index is 2.85. The number of hydrogen-bond donors (Lipinski definition) is 1. The van der Waals surface area contributed by atoms with Crippen LogP contribution in [0.2, 0.25) is 0 Å². The van der Waals surface area contributed by atoms with E-state index in [1.54, 1.807) is 24.3 Å². The summed E-state index contributed by atoms with van der Waals surface area (Å²) in [5, 5.41) is 10.6.